The molecule has 2 nitrogen and oxygen atoms in total. The number of hydrogen-bond acceptors (Lipinski definition) is 2. The van der Waals surface area contributed by atoms with Crippen LogP contribution in [0.5, 0.6) is 0 Å². The number of rotatable bonds is 0. The molecule has 0 radical (unpaired) electrons. The van der Waals surface area contributed by atoms with Crippen LogP contribution in [-0.2, 0) is 10.2 Å². The van der Waals surface area contributed by atoms with Crippen LogP contribution in [-0.4, -0.2) is 12.3 Å². The smallest absolute Gasteiger partial charge is 0.149 e. The van der Waals surface area contributed by atoms with Crippen LogP contribution in [0.15, 0.2) is 30.4 Å². The van der Waals surface area contributed by atoms with Gasteiger partial charge in [-0.1, -0.05) is 23.8 Å². The van der Waals surface area contributed by atoms with Gasteiger partial charge >= 0.3 is 0 Å². The van der Waals surface area contributed by atoms with Crippen molar-refractivity contribution in [3.8, 4) is 0 Å². The van der Waals surface area contributed by atoms with Gasteiger partial charge in [0, 0.05) is 16.1 Å². The molecule has 2 fully saturated rings. The van der Waals surface area contributed by atoms with Crippen LogP contribution in [0.2, 0.25) is 5.02 Å². The molecule has 0 spiro atoms. The van der Waals surface area contributed by atoms with Gasteiger partial charge in [-0.2, -0.15) is 0 Å². The fourth-order valence-corrected chi connectivity index (χ4v) is 4.30. The predicted molar refractivity (Wildman–Crippen MR) is 73.0 cm³/mol. The molecule has 1 aliphatic carbocycles. The summed E-state index contributed by atoms with van der Waals surface area (Å²) >= 11 is 6.18. The van der Waals surface area contributed by atoms with Gasteiger partial charge in [0.1, 0.15) is 5.72 Å². The Morgan fingerprint density at radius 2 is 2.22 bits per heavy atom. The third-order valence-corrected chi connectivity index (χ3v) is 5.05. The molecular weight excluding hydrogens is 246 g/mol. The Morgan fingerprint density at radius 3 is 3.11 bits per heavy atom. The van der Waals surface area contributed by atoms with Crippen LogP contribution < -0.4 is 5.32 Å². The minimum atomic E-state index is -0.207. The van der Waals surface area contributed by atoms with Crippen molar-refractivity contribution in [2.24, 2.45) is 0 Å². The van der Waals surface area contributed by atoms with Gasteiger partial charge in [-0.05, 0) is 49.4 Å². The van der Waals surface area contributed by atoms with Gasteiger partial charge in [-0.15, -0.1) is 0 Å². The Kier molecular flexibility index (Phi) is 2.00. The maximum atomic E-state index is 6.19. The largest absolute Gasteiger partial charge is 0.357 e. The lowest BCUT2D eigenvalue weighted by Crippen LogP contribution is -2.54. The fraction of sp³-hybridized carbons (Fsp3) is 0.467. The summed E-state index contributed by atoms with van der Waals surface area (Å²) in [4.78, 5) is 0. The van der Waals surface area contributed by atoms with E-state index in [1.54, 1.807) is 0 Å². The van der Waals surface area contributed by atoms with Crippen LogP contribution >= 0.6 is 11.6 Å². The van der Waals surface area contributed by atoms with E-state index in [1.807, 2.05) is 6.07 Å². The van der Waals surface area contributed by atoms with Gasteiger partial charge < -0.3 is 10.1 Å². The van der Waals surface area contributed by atoms with Crippen molar-refractivity contribution in [2.75, 3.05) is 11.9 Å². The van der Waals surface area contributed by atoms with Gasteiger partial charge in [0.2, 0.25) is 0 Å². The molecule has 1 aromatic rings. The standard InChI is InChI=1S/C15H16ClNO/c1-10-8-14-5-2-6-15(14,18-9-10)17-13-4-3-11(16)7-12(13)14/h3-4,7,17H,1-2,5-6,8-9H2/t14-,15-/m0/s1. The molecule has 0 amide bonds. The molecule has 1 saturated carbocycles. The molecule has 2 aliphatic heterocycles. The minimum absolute atomic E-state index is 0.0581. The predicted octanol–water partition coefficient (Wildman–Crippen LogP) is 3.86. The van der Waals surface area contributed by atoms with Gasteiger partial charge in [0.25, 0.3) is 0 Å². The number of anilines is 1. The molecule has 4 rings (SSSR count). The zero-order valence-electron chi connectivity index (χ0n) is 10.3. The van der Waals surface area contributed by atoms with E-state index in [2.05, 4.69) is 24.0 Å². The topological polar surface area (TPSA) is 21.3 Å². The van der Waals surface area contributed by atoms with Crippen LogP contribution in [0.1, 0.15) is 31.2 Å². The lowest BCUT2D eigenvalue weighted by Gasteiger charge is -2.45. The number of nitrogens with one attached hydrogen (secondary N) is 1. The highest BCUT2D eigenvalue weighted by atomic mass is 35.5. The summed E-state index contributed by atoms with van der Waals surface area (Å²) < 4.78 is 6.19. The second-order valence-electron chi connectivity index (χ2n) is 5.79. The molecule has 3 heteroatoms. The molecular formula is C15H16ClNO. The summed E-state index contributed by atoms with van der Waals surface area (Å²) in [5.41, 5.74) is 3.56. The van der Waals surface area contributed by atoms with Gasteiger partial charge in [-0.3, -0.25) is 0 Å². The second-order valence-corrected chi connectivity index (χ2v) is 6.23. The Bertz CT molecular complexity index is 555. The van der Waals surface area contributed by atoms with Crippen molar-refractivity contribution in [1.82, 2.24) is 0 Å². The van der Waals surface area contributed by atoms with E-state index in [1.165, 1.54) is 23.2 Å². The highest BCUT2D eigenvalue weighted by Gasteiger charge is 2.63. The van der Waals surface area contributed by atoms with Crippen LogP contribution in [0, 0.1) is 0 Å². The monoisotopic (exact) mass is 261 g/mol. The lowest BCUT2D eigenvalue weighted by molar-refractivity contribution is -0.0706. The highest BCUT2D eigenvalue weighted by molar-refractivity contribution is 6.30. The molecule has 1 N–H and O–H groups in total. The molecule has 0 unspecified atom stereocenters. The SMILES string of the molecule is C=C1CO[C@@]23CCC[C@]2(C1)c1cc(Cl)ccc1N3. The summed E-state index contributed by atoms with van der Waals surface area (Å²) in [6.45, 7) is 4.81. The molecule has 1 aromatic carbocycles. The van der Waals surface area contributed by atoms with E-state index < -0.39 is 0 Å². The lowest BCUT2D eigenvalue weighted by atomic mass is 9.70. The Labute approximate surface area is 112 Å². The van der Waals surface area contributed by atoms with E-state index in [-0.39, 0.29) is 11.1 Å². The number of benzene rings is 1. The average Bonchev–Trinajstić information content (AvgIpc) is 2.81. The normalized spacial score (nSPS) is 36.8. The number of ether oxygens (including phenoxy) is 1. The summed E-state index contributed by atoms with van der Waals surface area (Å²) in [6, 6.07) is 6.14. The van der Waals surface area contributed by atoms with E-state index >= 15 is 0 Å². The van der Waals surface area contributed by atoms with Crippen molar-refractivity contribution < 1.29 is 4.74 Å². The van der Waals surface area contributed by atoms with Crippen LogP contribution in [0.4, 0.5) is 5.69 Å². The van der Waals surface area contributed by atoms with Crippen molar-refractivity contribution >= 4 is 17.3 Å². The molecule has 3 aliphatic rings. The molecule has 0 bridgehead atoms. The number of hydrogen-bond donors (Lipinski definition) is 1. The van der Waals surface area contributed by atoms with Crippen molar-refractivity contribution in [3.63, 3.8) is 0 Å². The molecule has 1 saturated heterocycles. The first-order chi connectivity index (χ1) is 8.65. The maximum absolute atomic E-state index is 6.19. The zero-order valence-corrected chi connectivity index (χ0v) is 11.0. The zero-order chi connectivity index (χ0) is 12.4. The summed E-state index contributed by atoms with van der Waals surface area (Å²) in [6.07, 6.45) is 4.46. The number of halogens is 1. The molecule has 2 heterocycles. The van der Waals surface area contributed by atoms with E-state index in [9.17, 15) is 0 Å². The van der Waals surface area contributed by atoms with Crippen LogP contribution in [0.25, 0.3) is 0 Å². The van der Waals surface area contributed by atoms with E-state index in [0.717, 1.165) is 24.3 Å². The van der Waals surface area contributed by atoms with Crippen molar-refractivity contribution in [1.29, 1.82) is 0 Å². The third kappa shape index (κ3) is 1.13. The summed E-state index contributed by atoms with van der Waals surface area (Å²) in [5, 5.41) is 4.44. The summed E-state index contributed by atoms with van der Waals surface area (Å²) in [5.74, 6) is 0. The molecule has 2 atom stereocenters. The Morgan fingerprint density at radius 1 is 1.33 bits per heavy atom. The first-order valence-electron chi connectivity index (χ1n) is 6.54. The van der Waals surface area contributed by atoms with E-state index in [4.69, 9.17) is 16.3 Å². The highest BCUT2D eigenvalue weighted by Crippen LogP contribution is 2.62. The molecule has 18 heavy (non-hydrogen) atoms. The Hall–Kier alpha value is -0.990. The average molecular weight is 262 g/mol. The van der Waals surface area contributed by atoms with Gasteiger partial charge in [0.15, 0.2) is 0 Å². The molecule has 94 valence electrons. The third-order valence-electron chi connectivity index (χ3n) is 4.81. The van der Waals surface area contributed by atoms with Crippen molar-refractivity contribution in [3.05, 3.63) is 40.9 Å². The summed E-state index contributed by atoms with van der Waals surface area (Å²) in [7, 11) is 0. The van der Waals surface area contributed by atoms with Crippen LogP contribution in [0.3, 0.4) is 0 Å². The second kappa shape index (κ2) is 3.31. The molecule has 0 aromatic heterocycles. The number of fused-ring (bicyclic) bond motifs is 1. The van der Waals surface area contributed by atoms with Crippen molar-refractivity contribution in [2.45, 2.75) is 36.8 Å². The maximum Gasteiger partial charge on any atom is 0.149 e. The first kappa shape index (κ1) is 10.9. The van der Waals surface area contributed by atoms with Gasteiger partial charge in [0.05, 0.1) is 6.61 Å². The fourth-order valence-electron chi connectivity index (χ4n) is 4.13. The first-order valence-corrected chi connectivity index (χ1v) is 6.92. The van der Waals surface area contributed by atoms with Gasteiger partial charge in [-0.25, -0.2) is 0 Å². The van der Waals surface area contributed by atoms with E-state index in [0.29, 0.717) is 6.61 Å². The quantitative estimate of drug-likeness (QED) is 0.716. The Balaban J connectivity index is 1.95. The minimum Gasteiger partial charge on any atom is -0.357 e.